The van der Waals surface area contributed by atoms with Gasteiger partial charge in [-0.25, -0.2) is 9.97 Å². The van der Waals surface area contributed by atoms with Crippen molar-refractivity contribution in [1.29, 1.82) is 0 Å². The predicted molar refractivity (Wildman–Crippen MR) is 79.2 cm³/mol. The van der Waals surface area contributed by atoms with E-state index in [-0.39, 0.29) is 0 Å². The van der Waals surface area contributed by atoms with Gasteiger partial charge in [-0.15, -0.1) is 0 Å². The molecule has 0 bridgehead atoms. The van der Waals surface area contributed by atoms with Crippen LogP contribution in [0.2, 0.25) is 0 Å². The first-order chi connectivity index (χ1) is 9.10. The maximum absolute atomic E-state index is 5.64. The Morgan fingerprint density at radius 1 is 1.37 bits per heavy atom. The Hall–Kier alpha value is -1.82. The molecule has 2 rings (SSSR count). The number of aromatic nitrogens is 2. The number of rotatable bonds is 4. The second-order valence-corrected chi connectivity index (χ2v) is 4.93. The highest BCUT2D eigenvalue weighted by Crippen LogP contribution is 2.29. The Bertz CT molecular complexity index is 576. The fourth-order valence-electron chi connectivity index (χ4n) is 1.69. The van der Waals surface area contributed by atoms with Gasteiger partial charge >= 0.3 is 0 Å². The minimum absolute atomic E-state index is 0.481. The Morgan fingerprint density at radius 2 is 2.16 bits per heavy atom. The van der Waals surface area contributed by atoms with Crippen molar-refractivity contribution in [3.8, 4) is 5.75 Å². The maximum Gasteiger partial charge on any atom is 0.149 e. The van der Waals surface area contributed by atoms with Crippen molar-refractivity contribution < 1.29 is 4.74 Å². The summed E-state index contributed by atoms with van der Waals surface area (Å²) < 4.78 is 6.12. The molecule has 0 saturated carbocycles. The van der Waals surface area contributed by atoms with Gasteiger partial charge < -0.3 is 15.4 Å². The maximum atomic E-state index is 5.64. The molecule has 0 spiro atoms. The number of anilines is 2. The monoisotopic (exact) mass is 322 g/mol. The molecule has 0 aliphatic carbocycles. The zero-order valence-electron chi connectivity index (χ0n) is 10.8. The number of nitrogen functional groups attached to an aromatic ring is 1. The quantitative estimate of drug-likeness (QED) is 0.936. The number of hydrogen-bond donors (Lipinski definition) is 1. The van der Waals surface area contributed by atoms with Crippen molar-refractivity contribution in [2.24, 2.45) is 0 Å². The molecule has 0 aliphatic rings. The predicted octanol–water partition coefficient (Wildman–Crippen LogP) is 2.47. The summed E-state index contributed by atoms with van der Waals surface area (Å²) in [4.78, 5) is 10.4. The highest BCUT2D eigenvalue weighted by atomic mass is 79.9. The van der Waals surface area contributed by atoms with Gasteiger partial charge in [-0.2, -0.15) is 0 Å². The molecule has 0 atom stereocenters. The highest BCUT2D eigenvalue weighted by Gasteiger charge is 2.07. The third-order valence-corrected chi connectivity index (χ3v) is 3.30. The van der Waals surface area contributed by atoms with Crippen molar-refractivity contribution in [1.82, 2.24) is 9.97 Å². The van der Waals surface area contributed by atoms with Crippen LogP contribution in [0.3, 0.4) is 0 Å². The standard InChI is InChI=1S/C13H15BrN4O/c1-18(8-13-16-6-5-12(15)17-13)9-3-4-11(19-2)10(14)7-9/h3-7H,8H2,1-2H3,(H2,15,16,17). The Kier molecular flexibility index (Phi) is 4.21. The highest BCUT2D eigenvalue weighted by molar-refractivity contribution is 9.10. The van der Waals surface area contributed by atoms with Gasteiger partial charge in [0.15, 0.2) is 0 Å². The van der Waals surface area contributed by atoms with Gasteiger partial charge in [0.25, 0.3) is 0 Å². The van der Waals surface area contributed by atoms with Crippen LogP contribution in [0.25, 0.3) is 0 Å². The molecule has 2 aromatic rings. The molecule has 0 aliphatic heterocycles. The number of nitrogens with zero attached hydrogens (tertiary/aromatic N) is 3. The van der Waals surface area contributed by atoms with Crippen molar-refractivity contribution in [3.63, 3.8) is 0 Å². The Labute approximate surface area is 120 Å². The molecule has 0 unspecified atom stereocenters. The van der Waals surface area contributed by atoms with Crippen molar-refractivity contribution in [2.75, 3.05) is 24.8 Å². The van der Waals surface area contributed by atoms with Gasteiger partial charge in [0, 0.05) is 18.9 Å². The van der Waals surface area contributed by atoms with Crippen LogP contribution in [-0.2, 0) is 6.54 Å². The van der Waals surface area contributed by atoms with Crippen LogP contribution >= 0.6 is 15.9 Å². The smallest absolute Gasteiger partial charge is 0.149 e. The fourth-order valence-corrected chi connectivity index (χ4v) is 2.22. The fraction of sp³-hybridized carbons (Fsp3) is 0.231. The van der Waals surface area contributed by atoms with Crippen LogP contribution in [0.1, 0.15) is 5.82 Å². The molecule has 1 heterocycles. The molecule has 0 amide bonds. The van der Waals surface area contributed by atoms with E-state index in [0.717, 1.165) is 15.9 Å². The molecule has 5 nitrogen and oxygen atoms in total. The summed E-state index contributed by atoms with van der Waals surface area (Å²) in [5.74, 6) is 1.97. The van der Waals surface area contributed by atoms with E-state index >= 15 is 0 Å². The molecule has 0 radical (unpaired) electrons. The molecule has 6 heteroatoms. The van der Waals surface area contributed by atoms with Gasteiger partial charge in [0.1, 0.15) is 17.4 Å². The van der Waals surface area contributed by atoms with E-state index in [1.165, 1.54) is 0 Å². The summed E-state index contributed by atoms with van der Waals surface area (Å²) in [5.41, 5.74) is 6.68. The summed E-state index contributed by atoms with van der Waals surface area (Å²) in [6.45, 7) is 0.587. The van der Waals surface area contributed by atoms with Crippen molar-refractivity contribution in [3.05, 3.63) is 40.8 Å². The lowest BCUT2D eigenvalue weighted by Gasteiger charge is -2.19. The first kappa shape index (κ1) is 13.6. The van der Waals surface area contributed by atoms with Gasteiger partial charge in [-0.1, -0.05) is 0 Å². The van der Waals surface area contributed by atoms with Gasteiger partial charge in [0.05, 0.1) is 18.1 Å². The Morgan fingerprint density at radius 3 is 2.79 bits per heavy atom. The van der Waals surface area contributed by atoms with E-state index in [1.54, 1.807) is 19.4 Å². The van der Waals surface area contributed by atoms with E-state index in [1.807, 2.05) is 30.1 Å². The lowest BCUT2D eigenvalue weighted by Crippen LogP contribution is -2.18. The van der Waals surface area contributed by atoms with Crippen LogP contribution in [0.4, 0.5) is 11.5 Å². The van der Waals surface area contributed by atoms with Gasteiger partial charge in [0.2, 0.25) is 0 Å². The molecular formula is C13H15BrN4O. The molecule has 100 valence electrons. The third-order valence-electron chi connectivity index (χ3n) is 2.68. The first-order valence-electron chi connectivity index (χ1n) is 5.72. The molecule has 0 fully saturated rings. The number of hydrogen-bond acceptors (Lipinski definition) is 5. The molecule has 0 saturated heterocycles. The van der Waals surface area contributed by atoms with Crippen LogP contribution in [-0.4, -0.2) is 24.1 Å². The molecule has 19 heavy (non-hydrogen) atoms. The average molecular weight is 323 g/mol. The van der Waals surface area contributed by atoms with Crippen LogP contribution in [0, 0.1) is 0 Å². The van der Waals surface area contributed by atoms with Crippen molar-refractivity contribution in [2.45, 2.75) is 6.54 Å². The molecule has 1 aromatic heterocycles. The topological polar surface area (TPSA) is 64.3 Å². The number of benzene rings is 1. The van der Waals surface area contributed by atoms with Crippen LogP contribution < -0.4 is 15.4 Å². The van der Waals surface area contributed by atoms with E-state index in [2.05, 4.69) is 25.9 Å². The normalized spacial score (nSPS) is 10.3. The second-order valence-electron chi connectivity index (χ2n) is 4.07. The largest absolute Gasteiger partial charge is 0.496 e. The van der Waals surface area contributed by atoms with E-state index < -0.39 is 0 Å². The zero-order valence-corrected chi connectivity index (χ0v) is 12.4. The second kappa shape index (κ2) is 5.88. The summed E-state index contributed by atoms with van der Waals surface area (Å²) in [5, 5.41) is 0. The lowest BCUT2D eigenvalue weighted by molar-refractivity contribution is 0.412. The van der Waals surface area contributed by atoms with Gasteiger partial charge in [-0.3, -0.25) is 0 Å². The Balaban J connectivity index is 2.15. The lowest BCUT2D eigenvalue weighted by atomic mass is 10.3. The summed E-state index contributed by atoms with van der Waals surface area (Å²) >= 11 is 3.47. The number of halogens is 1. The molecule has 1 aromatic carbocycles. The summed E-state index contributed by atoms with van der Waals surface area (Å²) in [6, 6.07) is 7.56. The number of ether oxygens (including phenoxy) is 1. The average Bonchev–Trinajstić information content (AvgIpc) is 2.38. The third kappa shape index (κ3) is 3.35. The van der Waals surface area contributed by atoms with E-state index in [4.69, 9.17) is 10.5 Å². The number of nitrogens with two attached hydrogens (primary N) is 1. The molecule has 2 N–H and O–H groups in total. The minimum atomic E-state index is 0.481. The van der Waals surface area contributed by atoms with Crippen LogP contribution in [0.5, 0.6) is 5.75 Å². The first-order valence-corrected chi connectivity index (χ1v) is 6.51. The number of methoxy groups -OCH3 is 1. The van der Waals surface area contributed by atoms with Crippen LogP contribution in [0.15, 0.2) is 34.9 Å². The SMILES string of the molecule is COc1ccc(N(C)Cc2nccc(N)n2)cc1Br. The zero-order chi connectivity index (χ0) is 13.8. The van der Waals surface area contributed by atoms with E-state index in [9.17, 15) is 0 Å². The summed E-state index contributed by atoms with van der Waals surface area (Å²) in [6.07, 6.45) is 1.66. The van der Waals surface area contributed by atoms with Gasteiger partial charge in [-0.05, 0) is 40.2 Å². The van der Waals surface area contributed by atoms with Crippen molar-refractivity contribution >= 4 is 27.4 Å². The molecular weight excluding hydrogens is 308 g/mol. The van der Waals surface area contributed by atoms with E-state index in [0.29, 0.717) is 18.2 Å². The minimum Gasteiger partial charge on any atom is -0.496 e. The summed E-state index contributed by atoms with van der Waals surface area (Å²) in [7, 11) is 3.62.